The Bertz CT molecular complexity index is 532. The van der Waals surface area contributed by atoms with Crippen molar-refractivity contribution in [2.24, 2.45) is 0 Å². The second-order valence-corrected chi connectivity index (χ2v) is 6.29. The maximum atomic E-state index is 12.3. The third-order valence-electron chi connectivity index (χ3n) is 3.84. The maximum Gasteiger partial charge on any atom is 0.329 e. The summed E-state index contributed by atoms with van der Waals surface area (Å²) in [7, 11) is 0. The number of aliphatic carboxylic acids is 1. The van der Waals surface area contributed by atoms with Gasteiger partial charge >= 0.3 is 5.97 Å². The molecule has 0 bridgehead atoms. The highest BCUT2D eigenvalue weighted by atomic mass is 35.5. The van der Waals surface area contributed by atoms with Gasteiger partial charge in [0.05, 0.1) is 0 Å². The van der Waals surface area contributed by atoms with Gasteiger partial charge in [0, 0.05) is 15.6 Å². The highest BCUT2D eigenvalue weighted by Gasteiger charge is 2.40. The summed E-state index contributed by atoms with van der Waals surface area (Å²) in [4.78, 5) is 24.0. The van der Waals surface area contributed by atoms with Crippen LogP contribution in [0, 0.1) is 0 Å². The van der Waals surface area contributed by atoms with Gasteiger partial charge in [-0.2, -0.15) is 0 Å². The third-order valence-corrected chi connectivity index (χ3v) is 4.28. The zero-order valence-corrected chi connectivity index (χ0v) is 13.0. The fourth-order valence-corrected chi connectivity index (χ4v) is 3.22. The first-order valence-corrected chi connectivity index (χ1v) is 7.70. The van der Waals surface area contributed by atoms with E-state index in [9.17, 15) is 14.7 Å². The monoisotopic (exact) mass is 329 g/mol. The quantitative estimate of drug-likeness (QED) is 0.826. The van der Waals surface area contributed by atoms with E-state index in [1.54, 1.807) is 0 Å². The molecule has 0 saturated heterocycles. The zero-order valence-electron chi connectivity index (χ0n) is 11.5. The molecule has 0 heterocycles. The van der Waals surface area contributed by atoms with E-state index in [1.807, 2.05) is 0 Å². The number of hydrogen-bond donors (Lipinski definition) is 2. The van der Waals surface area contributed by atoms with Gasteiger partial charge in [-0.05, 0) is 31.0 Å². The van der Waals surface area contributed by atoms with Gasteiger partial charge in [0.2, 0.25) is 0 Å². The molecule has 0 spiro atoms. The van der Waals surface area contributed by atoms with Crippen molar-refractivity contribution in [1.29, 1.82) is 0 Å². The Morgan fingerprint density at radius 2 is 1.52 bits per heavy atom. The Morgan fingerprint density at radius 1 is 1.00 bits per heavy atom. The topological polar surface area (TPSA) is 66.4 Å². The van der Waals surface area contributed by atoms with Crippen molar-refractivity contribution in [1.82, 2.24) is 5.32 Å². The SMILES string of the molecule is O=C(NC1(C(=O)O)CCCCCC1)c1cc(Cl)cc(Cl)c1. The van der Waals surface area contributed by atoms with Crippen LogP contribution in [0.2, 0.25) is 10.0 Å². The fourth-order valence-electron chi connectivity index (χ4n) is 2.70. The van der Waals surface area contributed by atoms with Crippen molar-refractivity contribution in [3.8, 4) is 0 Å². The van der Waals surface area contributed by atoms with Crippen molar-refractivity contribution in [2.75, 3.05) is 0 Å². The second kappa shape index (κ2) is 6.67. The van der Waals surface area contributed by atoms with Crippen molar-refractivity contribution in [2.45, 2.75) is 44.1 Å². The van der Waals surface area contributed by atoms with Gasteiger partial charge in [0.25, 0.3) is 5.91 Å². The number of nitrogens with one attached hydrogen (secondary N) is 1. The average molecular weight is 330 g/mol. The normalized spacial score (nSPS) is 17.8. The number of carboxylic acid groups (broad SMARTS) is 1. The lowest BCUT2D eigenvalue weighted by Crippen LogP contribution is -2.54. The van der Waals surface area contributed by atoms with Crippen LogP contribution in [0.1, 0.15) is 48.9 Å². The predicted molar refractivity (Wildman–Crippen MR) is 82.0 cm³/mol. The molecule has 1 saturated carbocycles. The van der Waals surface area contributed by atoms with Gasteiger partial charge in [-0.15, -0.1) is 0 Å². The molecule has 0 aliphatic heterocycles. The lowest BCUT2D eigenvalue weighted by Gasteiger charge is -2.29. The van der Waals surface area contributed by atoms with E-state index in [0.717, 1.165) is 25.7 Å². The summed E-state index contributed by atoms with van der Waals surface area (Å²) in [6.07, 6.45) is 4.47. The summed E-state index contributed by atoms with van der Waals surface area (Å²) in [6.45, 7) is 0. The first-order chi connectivity index (χ1) is 9.93. The molecule has 114 valence electrons. The highest BCUT2D eigenvalue weighted by Crippen LogP contribution is 2.28. The Labute approximate surface area is 133 Å². The molecule has 0 unspecified atom stereocenters. The van der Waals surface area contributed by atoms with Gasteiger partial charge in [0.15, 0.2) is 0 Å². The van der Waals surface area contributed by atoms with Crippen molar-refractivity contribution < 1.29 is 14.7 Å². The first kappa shape index (κ1) is 16.1. The summed E-state index contributed by atoms with van der Waals surface area (Å²) in [5, 5.41) is 12.9. The summed E-state index contributed by atoms with van der Waals surface area (Å²) < 4.78 is 0. The van der Waals surface area contributed by atoms with E-state index in [2.05, 4.69) is 5.32 Å². The van der Waals surface area contributed by atoms with E-state index < -0.39 is 17.4 Å². The summed E-state index contributed by atoms with van der Waals surface area (Å²) >= 11 is 11.8. The minimum absolute atomic E-state index is 0.275. The van der Waals surface area contributed by atoms with E-state index in [0.29, 0.717) is 22.9 Å². The second-order valence-electron chi connectivity index (χ2n) is 5.41. The molecule has 2 N–H and O–H groups in total. The van der Waals surface area contributed by atoms with Crippen LogP contribution < -0.4 is 5.32 Å². The Morgan fingerprint density at radius 3 is 2.00 bits per heavy atom. The Balaban J connectivity index is 2.23. The molecular weight excluding hydrogens is 313 g/mol. The molecule has 0 aromatic heterocycles. The zero-order chi connectivity index (χ0) is 15.5. The fraction of sp³-hybridized carbons (Fsp3) is 0.467. The van der Waals surface area contributed by atoms with Crippen LogP contribution >= 0.6 is 23.2 Å². The molecule has 1 aromatic rings. The summed E-state index contributed by atoms with van der Waals surface area (Å²) in [5.74, 6) is -1.44. The van der Waals surface area contributed by atoms with E-state index in [1.165, 1.54) is 18.2 Å². The largest absolute Gasteiger partial charge is 0.480 e. The van der Waals surface area contributed by atoms with E-state index in [-0.39, 0.29) is 5.56 Å². The van der Waals surface area contributed by atoms with Crippen molar-refractivity contribution >= 4 is 35.1 Å². The molecule has 1 amide bonds. The smallest absolute Gasteiger partial charge is 0.329 e. The van der Waals surface area contributed by atoms with Gasteiger partial charge in [-0.25, -0.2) is 4.79 Å². The molecule has 1 aliphatic carbocycles. The van der Waals surface area contributed by atoms with Crippen molar-refractivity contribution in [3.63, 3.8) is 0 Å². The van der Waals surface area contributed by atoms with Gasteiger partial charge < -0.3 is 10.4 Å². The summed E-state index contributed by atoms with van der Waals surface area (Å²) in [6, 6.07) is 4.49. The standard InChI is InChI=1S/C15H17Cl2NO3/c16-11-7-10(8-12(17)9-11)13(19)18-15(14(20)21)5-3-1-2-4-6-15/h7-9H,1-6H2,(H,18,19)(H,20,21). The van der Waals surface area contributed by atoms with Crippen LogP contribution in [-0.4, -0.2) is 22.5 Å². The number of carboxylic acids is 1. The van der Waals surface area contributed by atoms with Gasteiger partial charge in [-0.3, -0.25) is 4.79 Å². The van der Waals surface area contributed by atoms with Crippen LogP contribution in [0.4, 0.5) is 0 Å². The molecule has 0 atom stereocenters. The van der Waals surface area contributed by atoms with Crippen LogP contribution in [0.25, 0.3) is 0 Å². The van der Waals surface area contributed by atoms with Crippen LogP contribution in [0.3, 0.4) is 0 Å². The van der Waals surface area contributed by atoms with E-state index >= 15 is 0 Å². The number of hydrogen-bond acceptors (Lipinski definition) is 2. The molecule has 1 fully saturated rings. The highest BCUT2D eigenvalue weighted by molar-refractivity contribution is 6.35. The molecule has 1 aromatic carbocycles. The molecule has 4 nitrogen and oxygen atoms in total. The number of rotatable bonds is 3. The number of carbonyl (C=O) groups is 2. The first-order valence-electron chi connectivity index (χ1n) is 6.95. The Kier molecular flexibility index (Phi) is 5.12. The number of carbonyl (C=O) groups excluding carboxylic acids is 1. The number of halogens is 2. The number of benzene rings is 1. The van der Waals surface area contributed by atoms with Gasteiger partial charge in [-0.1, -0.05) is 48.9 Å². The number of amides is 1. The molecule has 2 rings (SSSR count). The molecule has 1 aliphatic rings. The Hall–Kier alpha value is -1.26. The minimum Gasteiger partial charge on any atom is -0.480 e. The minimum atomic E-state index is -1.19. The maximum absolute atomic E-state index is 12.3. The lowest BCUT2D eigenvalue weighted by atomic mass is 9.90. The average Bonchev–Trinajstić information content (AvgIpc) is 2.64. The van der Waals surface area contributed by atoms with Crippen molar-refractivity contribution in [3.05, 3.63) is 33.8 Å². The molecule has 6 heteroatoms. The van der Waals surface area contributed by atoms with Crippen LogP contribution in [-0.2, 0) is 4.79 Å². The van der Waals surface area contributed by atoms with Crippen LogP contribution in [0.15, 0.2) is 18.2 Å². The third kappa shape index (κ3) is 3.89. The lowest BCUT2D eigenvalue weighted by molar-refractivity contribution is -0.145. The molecule has 0 radical (unpaired) electrons. The molecule has 21 heavy (non-hydrogen) atoms. The summed E-state index contributed by atoms with van der Waals surface area (Å²) in [5.41, 5.74) is -0.917. The van der Waals surface area contributed by atoms with Crippen LogP contribution in [0.5, 0.6) is 0 Å². The molecular formula is C15H17Cl2NO3. The van der Waals surface area contributed by atoms with E-state index in [4.69, 9.17) is 23.2 Å². The van der Waals surface area contributed by atoms with Gasteiger partial charge in [0.1, 0.15) is 5.54 Å². The predicted octanol–water partition coefficient (Wildman–Crippen LogP) is 3.90.